The van der Waals surface area contributed by atoms with E-state index < -0.39 is 6.10 Å². The zero-order valence-electron chi connectivity index (χ0n) is 47.1. The molecule has 69 heavy (non-hydrogen) atoms. The van der Waals surface area contributed by atoms with E-state index in [2.05, 4.69) is 20.8 Å². The minimum absolute atomic E-state index is 0.0606. The number of unbranched alkanes of at least 4 members (excludes halogenated alkanes) is 48. The largest absolute Gasteiger partial charge is 0.462 e. The molecule has 6 heteroatoms. The lowest BCUT2D eigenvalue weighted by Gasteiger charge is -2.18. The maximum absolute atomic E-state index is 12.9. The van der Waals surface area contributed by atoms with Crippen molar-refractivity contribution in [2.45, 2.75) is 374 Å². The normalized spacial score (nSPS) is 11.9. The summed E-state index contributed by atoms with van der Waals surface area (Å²) in [6, 6.07) is 0. The van der Waals surface area contributed by atoms with Crippen molar-refractivity contribution < 1.29 is 28.6 Å². The molecule has 1 atom stereocenters. The van der Waals surface area contributed by atoms with E-state index in [0.717, 1.165) is 57.8 Å². The SMILES string of the molecule is CCCCCCCCCCCCCCCCCCCCCC(=O)OCC(COC(=O)CCCCCCCCCCCCCCC)OC(=O)CCCCCCCCCCCCCCCCCCCCC. The van der Waals surface area contributed by atoms with Crippen LogP contribution in [0.1, 0.15) is 367 Å². The van der Waals surface area contributed by atoms with Crippen molar-refractivity contribution in [3.63, 3.8) is 0 Å². The quantitative estimate of drug-likeness (QED) is 0.0343. The molecule has 0 saturated carbocycles. The summed E-state index contributed by atoms with van der Waals surface area (Å²) in [7, 11) is 0. The third-order valence-corrected chi connectivity index (χ3v) is 14.6. The molecule has 0 aromatic rings. The van der Waals surface area contributed by atoms with Gasteiger partial charge in [-0.1, -0.05) is 329 Å². The molecule has 0 bridgehead atoms. The number of carbonyl (C=O) groups excluding carboxylic acids is 3. The summed E-state index contributed by atoms with van der Waals surface area (Å²) in [6.07, 6.45) is 66.7. The smallest absolute Gasteiger partial charge is 0.306 e. The molecule has 0 fully saturated rings. The Morgan fingerprint density at radius 3 is 0.580 bits per heavy atom. The van der Waals surface area contributed by atoms with Crippen LogP contribution in [0.25, 0.3) is 0 Å². The molecule has 0 N–H and O–H groups in total. The van der Waals surface area contributed by atoms with Crippen molar-refractivity contribution in [3.05, 3.63) is 0 Å². The van der Waals surface area contributed by atoms with Crippen LogP contribution < -0.4 is 0 Å². The molecule has 1 unspecified atom stereocenters. The molecule has 0 aliphatic carbocycles. The monoisotopic (exact) mass is 975 g/mol. The van der Waals surface area contributed by atoms with E-state index in [4.69, 9.17) is 14.2 Å². The third-order valence-electron chi connectivity index (χ3n) is 14.6. The molecule has 0 rings (SSSR count). The Hall–Kier alpha value is -1.59. The molecule has 6 nitrogen and oxygen atoms in total. The van der Waals surface area contributed by atoms with Gasteiger partial charge in [0.05, 0.1) is 0 Å². The molecule has 410 valence electrons. The van der Waals surface area contributed by atoms with Gasteiger partial charge in [0.15, 0.2) is 6.10 Å². The number of hydrogen-bond donors (Lipinski definition) is 0. The molecule has 0 spiro atoms. The second kappa shape index (κ2) is 59.0. The maximum Gasteiger partial charge on any atom is 0.306 e. The summed E-state index contributed by atoms with van der Waals surface area (Å²) < 4.78 is 16.9. The molecule has 0 aliphatic rings. The molecular formula is C63H122O6. The third kappa shape index (κ3) is 57.2. The molecule has 0 amide bonds. The molecule has 0 aliphatic heterocycles. The highest BCUT2D eigenvalue weighted by molar-refractivity contribution is 5.71. The molecule has 0 aromatic heterocycles. The van der Waals surface area contributed by atoms with Crippen LogP contribution in [0.4, 0.5) is 0 Å². The van der Waals surface area contributed by atoms with Crippen molar-refractivity contribution >= 4 is 17.9 Å². The second-order valence-corrected chi connectivity index (χ2v) is 21.7. The lowest BCUT2D eigenvalue weighted by atomic mass is 10.0. The number of rotatable bonds is 59. The fourth-order valence-corrected chi connectivity index (χ4v) is 9.86. The standard InChI is InChI=1S/C63H122O6/c1-4-7-10-13-16-19-22-25-27-29-31-33-35-38-41-44-47-50-53-56-62(65)68-59-60(58-67-61(64)55-52-49-46-43-40-37-24-21-18-15-12-9-6-3)69-63(66)57-54-51-48-45-42-39-36-34-32-30-28-26-23-20-17-14-11-8-5-2/h60H,4-59H2,1-3H3. The van der Waals surface area contributed by atoms with Crippen molar-refractivity contribution in [2.75, 3.05) is 13.2 Å². The first kappa shape index (κ1) is 67.4. The van der Waals surface area contributed by atoms with Crippen LogP contribution in [-0.2, 0) is 28.6 Å². The molecule has 0 radical (unpaired) electrons. The van der Waals surface area contributed by atoms with Gasteiger partial charge in [0.25, 0.3) is 0 Å². The number of hydrogen-bond acceptors (Lipinski definition) is 6. The fraction of sp³-hybridized carbons (Fsp3) is 0.952. The van der Waals surface area contributed by atoms with Crippen LogP contribution in [-0.4, -0.2) is 37.2 Å². The minimum Gasteiger partial charge on any atom is -0.462 e. The van der Waals surface area contributed by atoms with Gasteiger partial charge in [0.2, 0.25) is 0 Å². The topological polar surface area (TPSA) is 78.9 Å². The van der Waals surface area contributed by atoms with Crippen molar-refractivity contribution in [1.29, 1.82) is 0 Å². The highest BCUT2D eigenvalue weighted by atomic mass is 16.6. The van der Waals surface area contributed by atoms with Gasteiger partial charge in [-0.2, -0.15) is 0 Å². The second-order valence-electron chi connectivity index (χ2n) is 21.7. The van der Waals surface area contributed by atoms with Crippen molar-refractivity contribution in [2.24, 2.45) is 0 Å². The average Bonchev–Trinajstić information content (AvgIpc) is 3.35. The van der Waals surface area contributed by atoms with Crippen LogP contribution >= 0.6 is 0 Å². The van der Waals surface area contributed by atoms with Gasteiger partial charge in [-0.3, -0.25) is 14.4 Å². The van der Waals surface area contributed by atoms with Gasteiger partial charge in [-0.25, -0.2) is 0 Å². The Kier molecular flexibility index (Phi) is 57.6. The average molecular weight is 976 g/mol. The van der Waals surface area contributed by atoms with Gasteiger partial charge in [0.1, 0.15) is 13.2 Å². The lowest BCUT2D eigenvalue weighted by Crippen LogP contribution is -2.30. The minimum atomic E-state index is -0.762. The van der Waals surface area contributed by atoms with E-state index >= 15 is 0 Å². The lowest BCUT2D eigenvalue weighted by molar-refractivity contribution is -0.167. The van der Waals surface area contributed by atoms with Gasteiger partial charge >= 0.3 is 17.9 Å². The van der Waals surface area contributed by atoms with Crippen LogP contribution in [0.3, 0.4) is 0 Å². The molecular weight excluding hydrogens is 853 g/mol. The van der Waals surface area contributed by atoms with E-state index in [9.17, 15) is 14.4 Å². The Labute approximate surface area is 431 Å². The first-order valence-electron chi connectivity index (χ1n) is 31.5. The Morgan fingerprint density at radius 2 is 0.391 bits per heavy atom. The number of esters is 3. The number of carbonyl (C=O) groups is 3. The summed E-state index contributed by atoms with van der Waals surface area (Å²) in [4.78, 5) is 38.2. The zero-order valence-corrected chi connectivity index (χ0v) is 47.1. The maximum atomic E-state index is 12.9. The summed E-state index contributed by atoms with van der Waals surface area (Å²) >= 11 is 0. The van der Waals surface area contributed by atoms with Crippen LogP contribution in [0.15, 0.2) is 0 Å². The highest BCUT2D eigenvalue weighted by Crippen LogP contribution is 2.18. The Bertz CT molecular complexity index is 1030. The first-order valence-corrected chi connectivity index (χ1v) is 31.5. The van der Waals surface area contributed by atoms with Crippen LogP contribution in [0.5, 0.6) is 0 Å². The van der Waals surface area contributed by atoms with E-state index in [0.29, 0.717) is 19.3 Å². The summed E-state index contributed by atoms with van der Waals surface area (Å²) in [5, 5.41) is 0. The van der Waals surface area contributed by atoms with E-state index in [-0.39, 0.29) is 31.1 Å². The van der Waals surface area contributed by atoms with Crippen molar-refractivity contribution in [1.82, 2.24) is 0 Å². The van der Waals surface area contributed by atoms with Gasteiger partial charge in [-0.05, 0) is 19.3 Å². The fourth-order valence-electron chi connectivity index (χ4n) is 9.86. The predicted molar refractivity (Wildman–Crippen MR) is 298 cm³/mol. The van der Waals surface area contributed by atoms with Gasteiger partial charge < -0.3 is 14.2 Å². The zero-order chi connectivity index (χ0) is 50.0. The van der Waals surface area contributed by atoms with Gasteiger partial charge in [0, 0.05) is 19.3 Å². The van der Waals surface area contributed by atoms with Crippen LogP contribution in [0.2, 0.25) is 0 Å². The van der Waals surface area contributed by atoms with Crippen molar-refractivity contribution in [3.8, 4) is 0 Å². The van der Waals surface area contributed by atoms with E-state index in [1.807, 2.05) is 0 Å². The molecule has 0 saturated heterocycles. The highest BCUT2D eigenvalue weighted by Gasteiger charge is 2.19. The van der Waals surface area contributed by atoms with E-state index in [1.54, 1.807) is 0 Å². The van der Waals surface area contributed by atoms with Gasteiger partial charge in [-0.15, -0.1) is 0 Å². The summed E-state index contributed by atoms with van der Waals surface area (Å²) in [5.74, 6) is -0.826. The number of ether oxygens (including phenoxy) is 3. The first-order chi connectivity index (χ1) is 34.0. The Balaban J connectivity index is 4.25. The summed E-state index contributed by atoms with van der Waals surface area (Å²) in [6.45, 7) is 6.72. The predicted octanol–water partition coefficient (Wildman–Crippen LogP) is 21.1. The van der Waals surface area contributed by atoms with E-state index in [1.165, 1.54) is 270 Å². The Morgan fingerprint density at radius 1 is 0.232 bits per heavy atom. The summed E-state index contributed by atoms with van der Waals surface area (Å²) in [5.41, 5.74) is 0. The molecule has 0 heterocycles. The molecule has 0 aromatic carbocycles. The van der Waals surface area contributed by atoms with Crippen LogP contribution in [0, 0.1) is 0 Å².